The molecule has 2 aromatic carbocycles. The molecule has 0 unspecified atom stereocenters. The second-order valence-electron chi connectivity index (χ2n) is 7.55. The number of para-hydroxylation sites is 1. The molecule has 0 bridgehead atoms. The van der Waals surface area contributed by atoms with Crippen molar-refractivity contribution in [1.82, 2.24) is 4.90 Å². The van der Waals surface area contributed by atoms with Crippen molar-refractivity contribution in [3.63, 3.8) is 0 Å². The third-order valence-corrected chi connectivity index (χ3v) is 5.68. The first-order valence-corrected chi connectivity index (χ1v) is 9.63. The minimum atomic E-state index is -0.435. The summed E-state index contributed by atoms with van der Waals surface area (Å²) in [5.74, 6) is -0.539. The van der Waals surface area contributed by atoms with Gasteiger partial charge in [0, 0.05) is 26.2 Å². The molecule has 6 heteroatoms. The van der Waals surface area contributed by atoms with Crippen LogP contribution in [-0.4, -0.2) is 48.9 Å². The molecule has 0 radical (unpaired) electrons. The Morgan fingerprint density at radius 2 is 1.64 bits per heavy atom. The number of amides is 2. The van der Waals surface area contributed by atoms with Crippen molar-refractivity contribution in [3.05, 3.63) is 59.4 Å². The first kappa shape index (κ1) is 18.6. The quantitative estimate of drug-likeness (QED) is 0.767. The lowest BCUT2D eigenvalue weighted by atomic mass is 10.1. The largest absolute Gasteiger partial charge is 0.367 e. The van der Waals surface area contributed by atoms with E-state index in [4.69, 9.17) is 0 Å². The summed E-state index contributed by atoms with van der Waals surface area (Å²) < 4.78 is 14.0. The van der Waals surface area contributed by atoms with Crippen molar-refractivity contribution in [2.24, 2.45) is 0 Å². The van der Waals surface area contributed by atoms with Gasteiger partial charge < -0.3 is 4.90 Å². The Morgan fingerprint density at radius 1 is 0.929 bits per heavy atom. The second-order valence-corrected chi connectivity index (χ2v) is 7.55. The zero-order chi connectivity index (χ0) is 19.8. The van der Waals surface area contributed by atoms with Crippen LogP contribution in [0, 0.1) is 19.7 Å². The Hall–Kier alpha value is -2.73. The van der Waals surface area contributed by atoms with E-state index in [-0.39, 0.29) is 24.1 Å². The Labute approximate surface area is 164 Å². The highest BCUT2D eigenvalue weighted by Crippen LogP contribution is 2.30. The number of benzene rings is 2. The summed E-state index contributed by atoms with van der Waals surface area (Å²) in [6.07, 6.45) is 0.200. The number of piperazine rings is 1. The fourth-order valence-electron chi connectivity index (χ4n) is 4.10. The first-order chi connectivity index (χ1) is 13.5. The number of rotatable bonds is 3. The summed E-state index contributed by atoms with van der Waals surface area (Å²) in [6.45, 7) is 6.37. The van der Waals surface area contributed by atoms with Crippen LogP contribution in [0.2, 0.25) is 0 Å². The van der Waals surface area contributed by atoms with Crippen LogP contribution >= 0.6 is 0 Å². The number of carbonyl (C=O) groups is 2. The van der Waals surface area contributed by atoms with Crippen molar-refractivity contribution in [2.75, 3.05) is 36.0 Å². The lowest BCUT2D eigenvalue weighted by Gasteiger charge is -2.38. The SMILES string of the molecule is Cc1ccc(C)c(N2C(=O)C[C@H](N3CCN(c4ccccc4F)CC3)C2=O)c1. The number of hydrogen-bond acceptors (Lipinski definition) is 4. The van der Waals surface area contributed by atoms with E-state index >= 15 is 0 Å². The number of nitrogens with zero attached hydrogens (tertiary/aromatic N) is 3. The molecule has 2 aromatic rings. The number of anilines is 2. The third kappa shape index (κ3) is 3.29. The van der Waals surface area contributed by atoms with Crippen LogP contribution in [0.5, 0.6) is 0 Å². The van der Waals surface area contributed by atoms with Gasteiger partial charge in [-0.05, 0) is 43.2 Å². The van der Waals surface area contributed by atoms with E-state index in [1.807, 2.05) is 43.0 Å². The minimum Gasteiger partial charge on any atom is -0.367 e. The van der Waals surface area contributed by atoms with Crippen LogP contribution in [0.1, 0.15) is 17.5 Å². The Balaban J connectivity index is 1.48. The fourth-order valence-corrected chi connectivity index (χ4v) is 4.10. The van der Waals surface area contributed by atoms with Crippen LogP contribution in [0.3, 0.4) is 0 Å². The molecule has 2 fully saturated rings. The van der Waals surface area contributed by atoms with Gasteiger partial charge in [-0.1, -0.05) is 24.3 Å². The highest BCUT2D eigenvalue weighted by molar-refractivity contribution is 6.22. The summed E-state index contributed by atoms with van der Waals surface area (Å²) in [4.78, 5) is 31.1. The number of imide groups is 1. The van der Waals surface area contributed by atoms with Gasteiger partial charge in [-0.25, -0.2) is 9.29 Å². The van der Waals surface area contributed by atoms with Gasteiger partial charge in [-0.2, -0.15) is 0 Å². The van der Waals surface area contributed by atoms with Crippen molar-refractivity contribution >= 4 is 23.2 Å². The summed E-state index contributed by atoms with van der Waals surface area (Å²) in [7, 11) is 0. The van der Waals surface area contributed by atoms with Crippen LogP contribution in [0.4, 0.5) is 15.8 Å². The molecule has 4 rings (SSSR count). The fraction of sp³-hybridized carbons (Fsp3) is 0.364. The second kappa shape index (κ2) is 7.36. The van der Waals surface area contributed by atoms with Crippen molar-refractivity contribution in [3.8, 4) is 0 Å². The minimum absolute atomic E-state index is 0.153. The van der Waals surface area contributed by atoms with Gasteiger partial charge in [0.15, 0.2) is 0 Å². The smallest absolute Gasteiger partial charge is 0.251 e. The maximum atomic E-state index is 14.0. The molecule has 2 heterocycles. The molecule has 2 amide bonds. The van der Waals surface area contributed by atoms with Crippen molar-refractivity contribution < 1.29 is 14.0 Å². The van der Waals surface area contributed by atoms with Crippen molar-refractivity contribution in [2.45, 2.75) is 26.3 Å². The molecule has 1 atom stereocenters. The molecule has 0 aliphatic carbocycles. The van der Waals surface area contributed by atoms with Gasteiger partial charge in [-0.15, -0.1) is 0 Å². The number of carbonyl (C=O) groups excluding carboxylic acids is 2. The maximum Gasteiger partial charge on any atom is 0.251 e. The van der Waals surface area contributed by atoms with Crippen LogP contribution in [0.15, 0.2) is 42.5 Å². The van der Waals surface area contributed by atoms with E-state index in [0.717, 1.165) is 11.1 Å². The van der Waals surface area contributed by atoms with E-state index in [1.165, 1.54) is 11.0 Å². The predicted molar refractivity (Wildman–Crippen MR) is 107 cm³/mol. The molecule has 0 spiro atoms. The number of aryl methyl sites for hydroxylation is 2. The Bertz CT molecular complexity index is 922. The first-order valence-electron chi connectivity index (χ1n) is 9.63. The molecule has 146 valence electrons. The van der Waals surface area contributed by atoms with Gasteiger partial charge in [0.2, 0.25) is 5.91 Å². The van der Waals surface area contributed by atoms with Gasteiger partial charge in [0.05, 0.1) is 23.8 Å². The molecular weight excluding hydrogens is 357 g/mol. The van der Waals surface area contributed by atoms with Crippen LogP contribution in [-0.2, 0) is 9.59 Å². The summed E-state index contributed by atoms with van der Waals surface area (Å²) in [5, 5.41) is 0. The molecule has 2 aliphatic rings. The number of halogens is 1. The maximum absolute atomic E-state index is 14.0. The molecule has 28 heavy (non-hydrogen) atoms. The molecule has 2 saturated heterocycles. The molecule has 0 N–H and O–H groups in total. The highest BCUT2D eigenvalue weighted by Gasteiger charge is 2.43. The van der Waals surface area contributed by atoms with E-state index < -0.39 is 6.04 Å². The summed E-state index contributed by atoms with van der Waals surface area (Å²) in [5.41, 5.74) is 3.20. The van der Waals surface area contributed by atoms with E-state index in [2.05, 4.69) is 4.90 Å². The lowest BCUT2D eigenvalue weighted by Crippen LogP contribution is -2.52. The summed E-state index contributed by atoms with van der Waals surface area (Å²) in [6, 6.07) is 12.1. The average molecular weight is 381 g/mol. The number of hydrogen-bond donors (Lipinski definition) is 0. The highest BCUT2D eigenvalue weighted by atomic mass is 19.1. The van der Waals surface area contributed by atoms with Gasteiger partial charge in [0.25, 0.3) is 5.91 Å². The van der Waals surface area contributed by atoms with Crippen LogP contribution < -0.4 is 9.80 Å². The zero-order valence-electron chi connectivity index (χ0n) is 16.2. The topological polar surface area (TPSA) is 43.9 Å². The van der Waals surface area contributed by atoms with E-state index in [9.17, 15) is 14.0 Å². The normalized spacial score (nSPS) is 20.9. The summed E-state index contributed by atoms with van der Waals surface area (Å²) >= 11 is 0. The third-order valence-electron chi connectivity index (χ3n) is 5.68. The average Bonchev–Trinajstić information content (AvgIpc) is 2.98. The molecule has 5 nitrogen and oxygen atoms in total. The standard InChI is InChI=1S/C22H24FN3O2/c1-15-7-8-16(2)19(13-15)26-21(27)14-20(22(26)28)25-11-9-24(10-12-25)18-6-4-3-5-17(18)23/h3-8,13,20H,9-12,14H2,1-2H3/t20-/m0/s1. The van der Waals surface area contributed by atoms with Gasteiger partial charge >= 0.3 is 0 Å². The molecule has 0 saturated carbocycles. The van der Waals surface area contributed by atoms with Gasteiger partial charge in [0.1, 0.15) is 5.82 Å². The van der Waals surface area contributed by atoms with Crippen molar-refractivity contribution in [1.29, 1.82) is 0 Å². The van der Waals surface area contributed by atoms with Gasteiger partial charge in [-0.3, -0.25) is 14.5 Å². The van der Waals surface area contributed by atoms with Crippen LogP contribution in [0.25, 0.3) is 0 Å². The predicted octanol–water partition coefficient (Wildman–Crippen LogP) is 2.90. The Kier molecular flexibility index (Phi) is 4.89. The van der Waals surface area contributed by atoms with E-state index in [1.54, 1.807) is 12.1 Å². The zero-order valence-corrected chi connectivity index (χ0v) is 16.2. The molecule has 0 aromatic heterocycles. The molecule has 2 aliphatic heterocycles. The van der Waals surface area contributed by atoms with E-state index in [0.29, 0.717) is 37.6 Å². The molecular formula is C22H24FN3O2. The Morgan fingerprint density at radius 3 is 2.36 bits per heavy atom. The lowest BCUT2D eigenvalue weighted by molar-refractivity contribution is -0.123. The monoisotopic (exact) mass is 381 g/mol.